The van der Waals surface area contributed by atoms with Crippen LogP contribution in [-0.4, -0.2) is 28.9 Å². The predicted octanol–water partition coefficient (Wildman–Crippen LogP) is 6.34. The lowest BCUT2D eigenvalue weighted by Gasteiger charge is -2.17. The number of benzene rings is 3. The number of hydrogen-bond donors (Lipinski definition) is 0. The first kappa shape index (κ1) is 23.9. The molecule has 0 saturated carbocycles. The van der Waals surface area contributed by atoms with E-state index in [1.807, 2.05) is 85.7 Å². The molecule has 0 aliphatic carbocycles. The van der Waals surface area contributed by atoms with Crippen LogP contribution in [0.3, 0.4) is 0 Å². The molecule has 1 saturated heterocycles. The molecule has 0 spiro atoms. The molecule has 1 aromatic heterocycles. The van der Waals surface area contributed by atoms with E-state index in [0.29, 0.717) is 21.3 Å². The topological polar surface area (TPSA) is 52.3 Å². The number of nitriles is 1. The summed E-state index contributed by atoms with van der Waals surface area (Å²) in [6.07, 6.45) is 1.96. The first-order valence-corrected chi connectivity index (χ1v) is 12.7. The highest BCUT2D eigenvalue weighted by Crippen LogP contribution is 2.38. The number of nitrogens with zero attached hydrogens (tertiary/aromatic N) is 4. The molecule has 2 heterocycles. The SMILES string of the molecule is Cc1c(/C=C2\SC(=S)N(c3ccc(N(C)C)cc3)C2=O)c2ccccc2n1Cc1ccccc1C#N. The highest BCUT2D eigenvalue weighted by molar-refractivity contribution is 8.27. The number of amides is 1. The number of fused-ring (bicyclic) bond motifs is 1. The van der Waals surface area contributed by atoms with Gasteiger partial charge in [-0.05, 0) is 55.0 Å². The van der Waals surface area contributed by atoms with E-state index in [-0.39, 0.29) is 5.91 Å². The van der Waals surface area contributed by atoms with Crippen LogP contribution in [0.2, 0.25) is 0 Å². The van der Waals surface area contributed by atoms with Crippen LogP contribution < -0.4 is 9.80 Å². The van der Waals surface area contributed by atoms with Gasteiger partial charge in [-0.2, -0.15) is 5.26 Å². The van der Waals surface area contributed by atoms with Gasteiger partial charge in [0.1, 0.15) is 0 Å². The van der Waals surface area contributed by atoms with Crippen molar-refractivity contribution in [2.45, 2.75) is 13.5 Å². The van der Waals surface area contributed by atoms with E-state index < -0.39 is 0 Å². The number of carbonyl (C=O) groups excluding carboxylic acids is 1. The minimum absolute atomic E-state index is 0.117. The van der Waals surface area contributed by atoms with Crippen molar-refractivity contribution in [3.63, 3.8) is 0 Å². The maximum atomic E-state index is 13.5. The number of para-hydroxylation sites is 1. The van der Waals surface area contributed by atoms with E-state index in [2.05, 4.69) is 29.7 Å². The Balaban J connectivity index is 1.54. The van der Waals surface area contributed by atoms with Crippen molar-refractivity contribution in [2.24, 2.45) is 0 Å². The normalized spacial score (nSPS) is 14.6. The van der Waals surface area contributed by atoms with Gasteiger partial charge < -0.3 is 9.47 Å². The molecular weight excluding hydrogens is 484 g/mol. The summed E-state index contributed by atoms with van der Waals surface area (Å²) in [7, 11) is 3.96. The van der Waals surface area contributed by atoms with Crippen LogP contribution in [0.1, 0.15) is 22.4 Å². The Kier molecular flexibility index (Phi) is 6.40. The molecule has 1 fully saturated rings. The third-order valence-electron chi connectivity index (χ3n) is 6.44. The summed E-state index contributed by atoms with van der Waals surface area (Å²) < 4.78 is 2.73. The maximum absolute atomic E-state index is 13.5. The van der Waals surface area contributed by atoms with Gasteiger partial charge in [0.15, 0.2) is 4.32 Å². The zero-order valence-electron chi connectivity index (χ0n) is 20.2. The van der Waals surface area contributed by atoms with Gasteiger partial charge in [-0.1, -0.05) is 60.4 Å². The van der Waals surface area contributed by atoms with Gasteiger partial charge in [0.2, 0.25) is 0 Å². The van der Waals surface area contributed by atoms with Gasteiger partial charge in [-0.3, -0.25) is 9.69 Å². The number of rotatable bonds is 5. The first-order chi connectivity index (χ1) is 17.4. The highest BCUT2D eigenvalue weighted by atomic mass is 32.2. The van der Waals surface area contributed by atoms with Gasteiger partial charge in [0.25, 0.3) is 5.91 Å². The Hall–Kier alpha value is -3.86. The van der Waals surface area contributed by atoms with Gasteiger partial charge in [-0.25, -0.2) is 0 Å². The lowest BCUT2D eigenvalue weighted by atomic mass is 10.1. The van der Waals surface area contributed by atoms with Crippen molar-refractivity contribution in [3.8, 4) is 6.07 Å². The van der Waals surface area contributed by atoms with Crippen LogP contribution in [0.25, 0.3) is 17.0 Å². The number of hydrogen-bond acceptors (Lipinski definition) is 5. The van der Waals surface area contributed by atoms with Crippen molar-refractivity contribution < 1.29 is 4.79 Å². The summed E-state index contributed by atoms with van der Waals surface area (Å²) in [5, 5.41) is 10.6. The molecule has 1 aliphatic rings. The predicted molar refractivity (Wildman–Crippen MR) is 153 cm³/mol. The van der Waals surface area contributed by atoms with Gasteiger partial charge in [0, 0.05) is 48.5 Å². The first-order valence-electron chi connectivity index (χ1n) is 11.5. The molecule has 0 N–H and O–H groups in total. The molecule has 178 valence electrons. The molecule has 4 aromatic rings. The number of thioether (sulfide) groups is 1. The number of carbonyl (C=O) groups is 1. The molecule has 0 unspecified atom stereocenters. The molecule has 5 rings (SSSR count). The summed E-state index contributed by atoms with van der Waals surface area (Å²) >= 11 is 6.93. The van der Waals surface area contributed by atoms with E-state index in [0.717, 1.165) is 39.1 Å². The lowest BCUT2D eigenvalue weighted by Crippen LogP contribution is -2.27. The van der Waals surface area contributed by atoms with E-state index in [4.69, 9.17) is 12.2 Å². The molecule has 36 heavy (non-hydrogen) atoms. The highest BCUT2D eigenvalue weighted by Gasteiger charge is 2.33. The second kappa shape index (κ2) is 9.65. The molecule has 1 aliphatic heterocycles. The molecular formula is C29H24N4OS2. The lowest BCUT2D eigenvalue weighted by molar-refractivity contribution is -0.113. The van der Waals surface area contributed by atoms with Crippen LogP contribution in [0.15, 0.2) is 77.7 Å². The Bertz CT molecular complexity index is 1580. The molecule has 0 atom stereocenters. The second-order valence-corrected chi connectivity index (χ2v) is 10.5. The average Bonchev–Trinajstić information content (AvgIpc) is 3.32. The molecule has 0 radical (unpaired) electrons. The zero-order chi connectivity index (χ0) is 25.4. The van der Waals surface area contributed by atoms with Crippen LogP contribution in [-0.2, 0) is 11.3 Å². The van der Waals surface area contributed by atoms with E-state index in [1.165, 1.54) is 11.8 Å². The van der Waals surface area contributed by atoms with Gasteiger partial charge in [-0.15, -0.1) is 0 Å². The summed E-state index contributed by atoms with van der Waals surface area (Å²) in [5.74, 6) is -0.117. The molecule has 1 amide bonds. The summed E-state index contributed by atoms with van der Waals surface area (Å²) in [6.45, 7) is 2.63. The third-order valence-corrected chi connectivity index (χ3v) is 7.74. The Morgan fingerprint density at radius 2 is 1.72 bits per heavy atom. The summed E-state index contributed by atoms with van der Waals surface area (Å²) in [5.41, 5.74) is 6.52. The van der Waals surface area contributed by atoms with E-state index in [9.17, 15) is 10.1 Å². The van der Waals surface area contributed by atoms with Crippen molar-refractivity contribution in [3.05, 3.63) is 100 Å². The second-order valence-electron chi connectivity index (χ2n) is 8.80. The summed E-state index contributed by atoms with van der Waals surface area (Å²) in [4.78, 5) is 17.7. The fourth-order valence-electron chi connectivity index (χ4n) is 4.50. The Morgan fingerprint density at radius 1 is 1.03 bits per heavy atom. The quantitative estimate of drug-likeness (QED) is 0.233. The number of anilines is 2. The van der Waals surface area contributed by atoms with Crippen molar-refractivity contribution >= 4 is 62.6 Å². The van der Waals surface area contributed by atoms with Crippen molar-refractivity contribution in [1.82, 2.24) is 4.57 Å². The molecule has 5 nitrogen and oxygen atoms in total. The third kappa shape index (κ3) is 4.19. The van der Waals surface area contributed by atoms with Crippen molar-refractivity contribution in [1.29, 1.82) is 5.26 Å². The Morgan fingerprint density at radius 3 is 2.44 bits per heavy atom. The molecule has 0 bridgehead atoms. The zero-order valence-corrected chi connectivity index (χ0v) is 21.9. The van der Waals surface area contributed by atoms with Crippen LogP contribution in [0.5, 0.6) is 0 Å². The standard InChI is InChI=1S/C29H24N4OS2/c1-19-25(16-27-28(34)33(29(35)36-27)23-14-12-22(13-15-23)31(2)3)24-10-6-7-11-26(24)32(19)18-21-9-5-4-8-20(21)17-30/h4-16H,18H2,1-3H3/b27-16-. The summed E-state index contributed by atoms with van der Waals surface area (Å²) in [6, 6.07) is 25.9. The minimum atomic E-state index is -0.117. The van der Waals surface area contributed by atoms with Crippen LogP contribution in [0.4, 0.5) is 11.4 Å². The average molecular weight is 509 g/mol. The largest absolute Gasteiger partial charge is 0.378 e. The van der Waals surface area contributed by atoms with E-state index >= 15 is 0 Å². The minimum Gasteiger partial charge on any atom is -0.378 e. The van der Waals surface area contributed by atoms with Gasteiger partial charge in [0.05, 0.1) is 22.2 Å². The molecule has 7 heteroatoms. The fraction of sp³-hybridized carbons (Fsp3) is 0.138. The fourth-order valence-corrected chi connectivity index (χ4v) is 5.78. The van der Waals surface area contributed by atoms with Crippen LogP contribution >= 0.6 is 24.0 Å². The maximum Gasteiger partial charge on any atom is 0.270 e. The van der Waals surface area contributed by atoms with Crippen LogP contribution in [0, 0.1) is 18.3 Å². The monoisotopic (exact) mass is 508 g/mol. The van der Waals surface area contributed by atoms with E-state index in [1.54, 1.807) is 4.90 Å². The molecule has 3 aromatic carbocycles. The van der Waals surface area contributed by atoms with Gasteiger partial charge >= 0.3 is 0 Å². The Labute approximate surface area is 220 Å². The number of thiocarbonyl (C=S) groups is 1. The number of aromatic nitrogens is 1. The van der Waals surface area contributed by atoms with Crippen molar-refractivity contribution in [2.75, 3.05) is 23.9 Å². The smallest absolute Gasteiger partial charge is 0.270 e.